The fourth-order valence-electron chi connectivity index (χ4n) is 2.26. The number of hydrogen-bond acceptors (Lipinski definition) is 4. The fourth-order valence-corrected chi connectivity index (χ4v) is 2.99. The number of pyridine rings is 1. The van der Waals surface area contributed by atoms with Crippen LogP contribution in [-0.2, 0) is 0 Å². The monoisotopic (exact) mass is 298 g/mol. The minimum absolute atomic E-state index is 0.0836. The highest BCUT2D eigenvalue weighted by Crippen LogP contribution is 2.25. The first kappa shape index (κ1) is 13.6. The van der Waals surface area contributed by atoms with Crippen LogP contribution in [0.3, 0.4) is 0 Å². The molecule has 0 aliphatic carbocycles. The highest BCUT2D eigenvalue weighted by Gasteiger charge is 2.13. The molecule has 0 spiro atoms. The van der Waals surface area contributed by atoms with Crippen molar-refractivity contribution in [2.75, 3.05) is 5.32 Å². The molecule has 0 radical (unpaired) electrons. The van der Waals surface area contributed by atoms with Crippen LogP contribution < -0.4 is 5.32 Å². The Bertz CT molecular complexity index is 784. The van der Waals surface area contributed by atoms with E-state index in [0.717, 1.165) is 0 Å². The number of carbonyl (C=O) groups is 1. The largest absolute Gasteiger partial charge is 0.478 e. The second-order valence-corrected chi connectivity index (χ2v) is 5.74. The lowest BCUT2D eigenvalue weighted by molar-refractivity contribution is 0.0699. The van der Waals surface area contributed by atoms with Crippen LogP contribution >= 0.6 is 11.3 Å². The molecule has 1 atom stereocenters. The van der Waals surface area contributed by atoms with Gasteiger partial charge < -0.3 is 10.4 Å². The summed E-state index contributed by atoms with van der Waals surface area (Å²) in [5.41, 5.74) is 0.944. The topological polar surface area (TPSA) is 62.2 Å². The van der Waals surface area contributed by atoms with Crippen molar-refractivity contribution < 1.29 is 9.90 Å². The Morgan fingerprint density at radius 1 is 1.29 bits per heavy atom. The van der Waals surface area contributed by atoms with E-state index in [1.54, 1.807) is 23.5 Å². The molecule has 21 heavy (non-hydrogen) atoms. The Labute approximate surface area is 126 Å². The Hall–Kier alpha value is -2.40. The molecule has 0 fully saturated rings. The molecule has 2 heterocycles. The normalized spacial score (nSPS) is 12.2. The van der Waals surface area contributed by atoms with Crippen molar-refractivity contribution in [3.05, 3.63) is 58.3 Å². The first-order chi connectivity index (χ1) is 10.1. The van der Waals surface area contributed by atoms with Gasteiger partial charge in [-0.25, -0.2) is 9.78 Å². The predicted octanol–water partition coefficient (Wildman–Crippen LogP) is 4.17. The summed E-state index contributed by atoms with van der Waals surface area (Å²) in [6, 6.07) is 13.0. The van der Waals surface area contributed by atoms with E-state index in [0.29, 0.717) is 16.7 Å². The van der Waals surface area contributed by atoms with Gasteiger partial charge in [0.1, 0.15) is 5.82 Å². The van der Waals surface area contributed by atoms with E-state index in [1.807, 2.05) is 42.6 Å². The van der Waals surface area contributed by atoms with Crippen LogP contribution in [0.15, 0.2) is 47.8 Å². The number of aromatic carboxylic acids is 1. The molecule has 0 saturated carbocycles. The number of benzene rings is 1. The highest BCUT2D eigenvalue weighted by atomic mass is 32.1. The van der Waals surface area contributed by atoms with Gasteiger partial charge in [-0.3, -0.25) is 0 Å². The summed E-state index contributed by atoms with van der Waals surface area (Å²) in [7, 11) is 0. The SMILES string of the molecule is CC(Nc1cc(C(=O)O)c2ccccc2n1)c1cccs1. The van der Waals surface area contributed by atoms with E-state index in [1.165, 1.54) is 4.88 Å². The first-order valence-corrected chi connectivity index (χ1v) is 7.46. The third-order valence-corrected chi connectivity index (χ3v) is 4.34. The van der Waals surface area contributed by atoms with Crippen molar-refractivity contribution in [3.63, 3.8) is 0 Å². The van der Waals surface area contributed by atoms with E-state index in [2.05, 4.69) is 10.3 Å². The molecule has 2 aromatic heterocycles. The minimum Gasteiger partial charge on any atom is -0.478 e. The Balaban J connectivity index is 2.01. The summed E-state index contributed by atoms with van der Waals surface area (Å²) in [5, 5.41) is 15.3. The van der Waals surface area contributed by atoms with Crippen LogP contribution in [0.2, 0.25) is 0 Å². The highest BCUT2D eigenvalue weighted by molar-refractivity contribution is 7.10. The Kier molecular flexibility index (Phi) is 3.58. The van der Waals surface area contributed by atoms with Gasteiger partial charge in [-0.15, -0.1) is 11.3 Å². The smallest absolute Gasteiger partial charge is 0.336 e. The molecule has 0 aliphatic rings. The average molecular weight is 298 g/mol. The lowest BCUT2D eigenvalue weighted by Crippen LogP contribution is -2.08. The maximum absolute atomic E-state index is 11.4. The molecule has 4 nitrogen and oxygen atoms in total. The number of carboxylic acids is 1. The molecule has 1 unspecified atom stereocenters. The quantitative estimate of drug-likeness (QED) is 0.759. The number of hydrogen-bond donors (Lipinski definition) is 2. The molecule has 1 aromatic carbocycles. The Morgan fingerprint density at radius 3 is 2.81 bits per heavy atom. The zero-order valence-electron chi connectivity index (χ0n) is 11.4. The zero-order valence-corrected chi connectivity index (χ0v) is 12.2. The van der Waals surface area contributed by atoms with Crippen LogP contribution in [0.4, 0.5) is 5.82 Å². The third kappa shape index (κ3) is 2.73. The number of anilines is 1. The first-order valence-electron chi connectivity index (χ1n) is 6.58. The van der Waals surface area contributed by atoms with Gasteiger partial charge >= 0.3 is 5.97 Å². The molecule has 0 bridgehead atoms. The van der Waals surface area contributed by atoms with E-state index >= 15 is 0 Å². The van der Waals surface area contributed by atoms with Gasteiger partial charge in [-0.2, -0.15) is 0 Å². The van der Waals surface area contributed by atoms with Crippen molar-refractivity contribution in [3.8, 4) is 0 Å². The molecule has 2 N–H and O–H groups in total. The molecule has 3 rings (SSSR count). The summed E-state index contributed by atoms with van der Waals surface area (Å²) in [6.07, 6.45) is 0. The van der Waals surface area contributed by atoms with Gasteiger partial charge in [0, 0.05) is 10.3 Å². The van der Waals surface area contributed by atoms with Crippen molar-refractivity contribution in [1.82, 2.24) is 4.98 Å². The summed E-state index contributed by atoms with van der Waals surface area (Å²) >= 11 is 1.66. The molecule has 0 saturated heterocycles. The Morgan fingerprint density at radius 2 is 2.10 bits per heavy atom. The standard InChI is InChI=1S/C16H14N2O2S/c1-10(14-7-4-8-21-14)17-15-9-12(16(19)20)11-5-2-3-6-13(11)18-15/h2-10H,1H3,(H,17,18)(H,19,20). The summed E-state index contributed by atoms with van der Waals surface area (Å²) in [6.45, 7) is 2.03. The predicted molar refractivity (Wildman–Crippen MR) is 85.1 cm³/mol. The van der Waals surface area contributed by atoms with E-state index < -0.39 is 5.97 Å². The van der Waals surface area contributed by atoms with Gasteiger partial charge in [0.15, 0.2) is 0 Å². The lowest BCUT2D eigenvalue weighted by Gasteiger charge is -2.14. The maximum Gasteiger partial charge on any atom is 0.336 e. The number of nitrogens with zero attached hydrogens (tertiary/aromatic N) is 1. The van der Waals surface area contributed by atoms with Crippen LogP contribution in [0.5, 0.6) is 0 Å². The van der Waals surface area contributed by atoms with Gasteiger partial charge in [0.2, 0.25) is 0 Å². The second-order valence-electron chi connectivity index (χ2n) is 4.76. The molecular formula is C16H14N2O2S. The second kappa shape index (κ2) is 5.54. The van der Waals surface area contributed by atoms with Crippen LogP contribution in [0.25, 0.3) is 10.9 Å². The summed E-state index contributed by atoms with van der Waals surface area (Å²) < 4.78 is 0. The minimum atomic E-state index is -0.944. The molecule has 0 amide bonds. The van der Waals surface area contributed by atoms with Gasteiger partial charge in [0.05, 0.1) is 17.1 Å². The number of rotatable bonds is 4. The molecule has 0 aliphatic heterocycles. The van der Waals surface area contributed by atoms with E-state index in [4.69, 9.17) is 0 Å². The van der Waals surface area contributed by atoms with Crippen molar-refractivity contribution in [2.45, 2.75) is 13.0 Å². The van der Waals surface area contributed by atoms with Gasteiger partial charge in [-0.1, -0.05) is 24.3 Å². The van der Waals surface area contributed by atoms with Gasteiger partial charge in [-0.05, 0) is 30.5 Å². The number of carboxylic acid groups (broad SMARTS) is 1. The fraction of sp³-hybridized carbons (Fsp3) is 0.125. The molecule has 3 aromatic rings. The van der Waals surface area contributed by atoms with Crippen LogP contribution in [0.1, 0.15) is 28.2 Å². The van der Waals surface area contributed by atoms with Crippen molar-refractivity contribution >= 4 is 34.0 Å². The average Bonchev–Trinajstić information content (AvgIpc) is 3.00. The van der Waals surface area contributed by atoms with E-state index in [9.17, 15) is 9.90 Å². The van der Waals surface area contributed by atoms with Crippen LogP contribution in [-0.4, -0.2) is 16.1 Å². The number of para-hydroxylation sites is 1. The maximum atomic E-state index is 11.4. The number of thiophene rings is 1. The summed E-state index contributed by atoms with van der Waals surface area (Å²) in [5.74, 6) is -0.368. The van der Waals surface area contributed by atoms with Gasteiger partial charge in [0.25, 0.3) is 0 Å². The lowest BCUT2D eigenvalue weighted by atomic mass is 10.1. The summed E-state index contributed by atoms with van der Waals surface area (Å²) in [4.78, 5) is 17.1. The molecular weight excluding hydrogens is 284 g/mol. The van der Waals surface area contributed by atoms with Crippen molar-refractivity contribution in [2.24, 2.45) is 0 Å². The molecule has 106 valence electrons. The van der Waals surface area contributed by atoms with Crippen LogP contribution in [0, 0.1) is 0 Å². The number of fused-ring (bicyclic) bond motifs is 1. The number of aromatic nitrogens is 1. The third-order valence-electron chi connectivity index (χ3n) is 3.28. The molecule has 5 heteroatoms. The zero-order chi connectivity index (χ0) is 14.8. The van der Waals surface area contributed by atoms with E-state index in [-0.39, 0.29) is 11.6 Å². The van der Waals surface area contributed by atoms with Crippen molar-refractivity contribution in [1.29, 1.82) is 0 Å². The number of nitrogens with one attached hydrogen (secondary N) is 1.